The molecule has 0 unspecified atom stereocenters. The molecule has 5 nitrogen and oxygen atoms in total. The Bertz CT molecular complexity index is 590. The van der Waals surface area contributed by atoms with Crippen molar-refractivity contribution in [3.63, 3.8) is 0 Å². The molecule has 0 aliphatic carbocycles. The third-order valence-electron chi connectivity index (χ3n) is 3.46. The number of carboxylic acids is 1. The van der Waals surface area contributed by atoms with E-state index in [1.54, 1.807) is 6.92 Å². The summed E-state index contributed by atoms with van der Waals surface area (Å²) in [6.45, 7) is 1.62. The number of nitrogens with zero attached hydrogens (tertiary/aromatic N) is 1. The molecule has 0 aliphatic rings. The molecule has 0 heterocycles. The number of aliphatic carboxylic acids is 1. The normalized spacial score (nSPS) is 12.1. The van der Waals surface area contributed by atoms with Crippen LogP contribution in [0, 0.1) is 0 Å². The Hall–Kier alpha value is -2.40. The molecular formula is C18H23NO4. The summed E-state index contributed by atoms with van der Waals surface area (Å²) in [5, 5.41) is 10.4. The number of allylic oxidation sites excluding steroid dienone is 2. The standard InChI is InChI=1S/C18H23NO4/c1-14(17(20)19(2)23-3)12-13-16(18(21)22)11-7-10-15-8-5-4-6-9-15/h4-6,8-9,12-13H,7,10-11H2,1-3H3,(H,21,22). The number of aryl methyl sites for hydroxylation is 1. The first-order chi connectivity index (χ1) is 11.0. The number of likely N-dealkylation sites (N-methyl/N-ethyl adjacent to an activating group) is 1. The molecule has 1 amide bonds. The maximum Gasteiger partial charge on any atom is 0.331 e. The van der Waals surface area contributed by atoms with Gasteiger partial charge < -0.3 is 5.11 Å². The second kappa shape index (κ2) is 9.58. The quantitative estimate of drug-likeness (QED) is 0.455. The van der Waals surface area contributed by atoms with Gasteiger partial charge in [-0.25, -0.2) is 9.86 Å². The fourth-order valence-electron chi connectivity index (χ4n) is 2.02. The average molecular weight is 317 g/mol. The van der Waals surface area contributed by atoms with E-state index in [1.165, 1.54) is 31.9 Å². The van der Waals surface area contributed by atoms with Crippen LogP contribution in [-0.2, 0) is 20.8 Å². The van der Waals surface area contributed by atoms with E-state index < -0.39 is 5.97 Å². The van der Waals surface area contributed by atoms with Gasteiger partial charge in [0.15, 0.2) is 0 Å². The van der Waals surface area contributed by atoms with Crippen molar-refractivity contribution in [2.45, 2.75) is 26.2 Å². The second-order valence-electron chi connectivity index (χ2n) is 5.17. The van der Waals surface area contributed by atoms with E-state index in [0.29, 0.717) is 12.0 Å². The number of rotatable bonds is 8. The summed E-state index contributed by atoms with van der Waals surface area (Å²) in [5.41, 5.74) is 1.88. The number of amides is 1. The first-order valence-electron chi connectivity index (χ1n) is 7.42. The third kappa shape index (κ3) is 6.48. The van der Waals surface area contributed by atoms with Crippen LogP contribution in [0.3, 0.4) is 0 Å². The van der Waals surface area contributed by atoms with Gasteiger partial charge in [0.2, 0.25) is 0 Å². The van der Waals surface area contributed by atoms with Crippen LogP contribution < -0.4 is 0 Å². The van der Waals surface area contributed by atoms with Crippen LogP contribution in [0.5, 0.6) is 0 Å². The molecule has 1 aromatic carbocycles. The predicted octanol–water partition coefficient (Wildman–Crippen LogP) is 2.99. The van der Waals surface area contributed by atoms with Crippen molar-refractivity contribution in [2.75, 3.05) is 14.2 Å². The molecule has 23 heavy (non-hydrogen) atoms. The van der Waals surface area contributed by atoms with Crippen LogP contribution in [0.1, 0.15) is 25.3 Å². The SMILES string of the molecule is CON(C)C(=O)C(C)=CC=C(CCCc1ccccc1)C(=O)O. The average Bonchev–Trinajstić information content (AvgIpc) is 2.56. The smallest absolute Gasteiger partial charge is 0.331 e. The van der Waals surface area contributed by atoms with Crippen LogP contribution in [0.4, 0.5) is 0 Å². The number of hydroxylamine groups is 2. The lowest BCUT2D eigenvalue weighted by atomic mass is 10.0. The second-order valence-corrected chi connectivity index (χ2v) is 5.17. The number of hydrogen-bond donors (Lipinski definition) is 1. The maximum absolute atomic E-state index is 11.8. The molecule has 0 radical (unpaired) electrons. The third-order valence-corrected chi connectivity index (χ3v) is 3.46. The maximum atomic E-state index is 11.8. The number of benzene rings is 1. The van der Waals surface area contributed by atoms with Crippen molar-refractivity contribution in [2.24, 2.45) is 0 Å². The highest BCUT2D eigenvalue weighted by Crippen LogP contribution is 2.12. The molecular weight excluding hydrogens is 294 g/mol. The largest absolute Gasteiger partial charge is 0.478 e. The Morgan fingerprint density at radius 3 is 2.43 bits per heavy atom. The Labute approximate surface area is 136 Å². The lowest BCUT2D eigenvalue weighted by Crippen LogP contribution is -2.25. The molecule has 0 saturated carbocycles. The minimum Gasteiger partial charge on any atom is -0.478 e. The molecule has 0 fully saturated rings. The topological polar surface area (TPSA) is 66.8 Å². The van der Waals surface area contributed by atoms with Crippen LogP contribution in [0.15, 0.2) is 53.6 Å². The Morgan fingerprint density at radius 2 is 1.87 bits per heavy atom. The molecule has 124 valence electrons. The van der Waals surface area contributed by atoms with Gasteiger partial charge in [0.05, 0.1) is 7.11 Å². The minimum atomic E-state index is -0.963. The summed E-state index contributed by atoms with van der Waals surface area (Å²) in [7, 11) is 2.90. The summed E-state index contributed by atoms with van der Waals surface area (Å²) in [6.07, 6.45) is 5.01. The molecule has 5 heteroatoms. The Balaban J connectivity index is 2.67. The van der Waals surface area contributed by atoms with E-state index in [-0.39, 0.29) is 11.5 Å². The van der Waals surface area contributed by atoms with E-state index in [0.717, 1.165) is 17.9 Å². The fourth-order valence-corrected chi connectivity index (χ4v) is 2.02. The van der Waals surface area contributed by atoms with Crippen molar-refractivity contribution in [1.82, 2.24) is 5.06 Å². The monoisotopic (exact) mass is 317 g/mol. The van der Waals surface area contributed by atoms with E-state index in [2.05, 4.69) is 0 Å². The van der Waals surface area contributed by atoms with Gasteiger partial charge in [-0.3, -0.25) is 9.63 Å². The number of hydrogen-bond acceptors (Lipinski definition) is 3. The van der Waals surface area contributed by atoms with Gasteiger partial charge in [0.1, 0.15) is 0 Å². The summed E-state index contributed by atoms with van der Waals surface area (Å²) in [5.74, 6) is -1.27. The van der Waals surface area contributed by atoms with Gasteiger partial charge in [-0.15, -0.1) is 0 Å². The van der Waals surface area contributed by atoms with Crippen LogP contribution in [0.2, 0.25) is 0 Å². The van der Waals surface area contributed by atoms with Crippen molar-refractivity contribution in [1.29, 1.82) is 0 Å². The highest BCUT2D eigenvalue weighted by Gasteiger charge is 2.10. The van der Waals surface area contributed by atoms with E-state index in [1.807, 2.05) is 30.3 Å². The van der Waals surface area contributed by atoms with Gasteiger partial charge in [-0.1, -0.05) is 42.5 Å². The molecule has 0 atom stereocenters. The zero-order chi connectivity index (χ0) is 17.2. The lowest BCUT2D eigenvalue weighted by molar-refractivity contribution is -0.163. The van der Waals surface area contributed by atoms with Crippen LogP contribution in [-0.4, -0.2) is 36.2 Å². The lowest BCUT2D eigenvalue weighted by Gasteiger charge is -2.13. The summed E-state index contributed by atoms with van der Waals surface area (Å²) in [4.78, 5) is 27.9. The molecule has 0 aromatic heterocycles. The van der Waals surface area contributed by atoms with Gasteiger partial charge >= 0.3 is 5.97 Å². The first-order valence-corrected chi connectivity index (χ1v) is 7.42. The molecule has 1 aromatic rings. The molecule has 1 rings (SSSR count). The molecule has 1 N–H and O–H groups in total. The van der Waals surface area contributed by atoms with Crippen molar-refractivity contribution < 1.29 is 19.5 Å². The van der Waals surface area contributed by atoms with Crippen molar-refractivity contribution >= 4 is 11.9 Å². The Morgan fingerprint density at radius 1 is 1.22 bits per heavy atom. The summed E-state index contributed by atoms with van der Waals surface area (Å²) < 4.78 is 0. The summed E-state index contributed by atoms with van der Waals surface area (Å²) in [6, 6.07) is 9.93. The highest BCUT2D eigenvalue weighted by atomic mass is 16.7. The van der Waals surface area contributed by atoms with Crippen LogP contribution >= 0.6 is 0 Å². The zero-order valence-corrected chi connectivity index (χ0v) is 13.8. The molecule has 0 aliphatic heterocycles. The fraction of sp³-hybridized carbons (Fsp3) is 0.333. The predicted molar refractivity (Wildman–Crippen MR) is 88.6 cm³/mol. The zero-order valence-electron chi connectivity index (χ0n) is 13.8. The first kappa shape index (κ1) is 18.6. The molecule has 0 saturated heterocycles. The van der Waals surface area contributed by atoms with Gasteiger partial charge in [0, 0.05) is 18.2 Å². The van der Waals surface area contributed by atoms with E-state index >= 15 is 0 Å². The van der Waals surface area contributed by atoms with E-state index in [4.69, 9.17) is 4.84 Å². The molecule has 0 spiro atoms. The number of carbonyl (C=O) groups excluding carboxylic acids is 1. The van der Waals surface area contributed by atoms with Gasteiger partial charge in [-0.2, -0.15) is 0 Å². The van der Waals surface area contributed by atoms with Crippen molar-refractivity contribution in [3.8, 4) is 0 Å². The van der Waals surface area contributed by atoms with Crippen LogP contribution in [0.25, 0.3) is 0 Å². The number of carboxylic acid groups (broad SMARTS) is 1. The molecule has 0 bridgehead atoms. The number of carbonyl (C=O) groups is 2. The summed E-state index contributed by atoms with van der Waals surface area (Å²) >= 11 is 0. The van der Waals surface area contributed by atoms with E-state index in [9.17, 15) is 14.7 Å². The van der Waals surface area contributed by atoms with Gasteiger partial charge in [0.25, 0.3) is 5.91 Å². The minimum absolute atomic E-state index is 0.285. The Kier molecular flexibility index (Phi) is 7.77. The van der Waals surface area contributed by atoms with Crippen molar-refractivity contribution in [3.05, 3.63) is 59.2 Å². The van der Waals surface area contributed by atoms with Gasteiger partial charge in [-0.05, 0) is 31.7 Å². The highest BCUT2D eigenvalue weighted by molar-refractivity contribution is 5.93.